The van der Waals surface area contributed by atoms with Crippen molar-refractivity contribution < 1.29 is 18.6 Å². The van der Waals surface area contributed by atoms with Gasteiger partial charge in [-0.25, -0.2) is 0 Å². The normalized spacial score (nSPS) is 10.5. The monoisotopic (exact) mass is 326 g/mol. The van der Waals surface area contributed by atoms with Crippen molar-refractivity contribution >= 4 is 0 Å². The lowest BCUT2D eigenvalue weighted by atomic mass is 10.2. The maximum Gasteiger partial charge on any atom is 0.247 e. The van der Waals surface area contributed by atoms with Gasteiger partial charge in [0.15, 0.2) is 0 Å². The van der Waals surface area contributed by atoms with E-state index in [2.05, 4.69) is 10.2 Å². The first-order valence-electron chi connectivity index (χ1n) is 7.43. The van der Waals surface area contributed by atoms with Gasteiger partial charge in [0.1, 0.15) is 23.9 Å². The van der Waals surface area contributed by atoms with Crippen molar-refractivity contribution in [3.05, 3.63) is 53.9 Å². The number of ether oxygens (including phenoxy) is 3. The van der Waals surface area contributed by atoms with Gasteiger partial charge in [-0.1, -0.05) is 0 Å². The van der Waals surface area contributed by atoms with E-state index in [1.165, 1.54) is 0 Å². The van der Waals surface area contributed by atoms with E-state index < -0.39 is 0 Å². The van der Waals surface area contributed by atoms with Crippen LogP contribution in [0.3, 0.4) is 0 Å². The highest BCUT2D eigenvalue weighted by atomic mass is 16.5. The van der Waals surface area contributed by atoms with E-state index in [9.17, 15) is 0 Å². The van der Waals surface area contributed by atoms with Crippen molar-refractivity contribution in [2.24, 2.45) is 0 Å². The molecule has 0 saturated heterocycles. The number of rotatable bonds is 6. The molecule has 0 fully saturated rings. The quantitative estimate of drug-likeness (QED) is 0.689. The first-order chi connectivity index (χ1) is 11.7. The second-order valence-electron chi connectivity index (χ2n) is 5.16. The number of nitrogens with zero attached hydrogens (tertiary/aromatic N) is 2. The molecule has 0 saturated carbocycles. The van der Waals surface area contributed by atoms with Gasteiger partial charge >= 0.3 is 0 Å². The van der Waals surface area contributed by atoms with E-state index in [0.717, 1.165) is 28.4 Å². The van der Waals surface area contributed by atoms with E-state index in [1.807, 2.05) is 42.5 Å². The van der Waals surface area contributed by atoms with Crippen molar-refractivity contribution in [3.63, 3.8) is 0 Å². The summed E-state index contributed by atoms with van der Waals surface area (Å²) >= 11 is 0. The number of hydrogen-bond acceptors (Lipinski definition) is 6. The van der Waals surface area contributed by atoms with E-state index in [0.29, 0.717) is 18.4 Å². The van der Waals surface area contributed by atoms with Gasteiger partial charge in [-0.3, -0.25) is 0 Å². The molecule has 6 nitrogen and oxygen atoms in total. The van der Waals surface area contributed by atoms with Crippen molar-refractivity contribution in [1.29, 1.82) is 0 Å². The third-order valence-electron chi connectivity index (χ3n) is 3.44. The summed E-state index contributed by atoms with van der Waals surface area (Å²) in [6.45, 7) is 2.17. The van der Waals surface area contributed by atoms with Crippen LogP contribution in [0.15, 0.2) is 46.9 Å². The summed E-state index contributed by atoms with van der Waals surface area (Å²) in [5.74, 6) is 3.25. The molecule has 1 aromatic heterocycles. The molecule has 1 heterocycles. The summed E-state index contributed by atoms with van der Waals surface area (Å²) < 4.78 is 21.7. The highest BCUT2D eigenvalue weighted by Crippen LogP contribution is 2.25. The average Bonchev–Trinajstić information content (AvgIpc) is 3.06. The fourth-order valence-corrected chi connectivity index (χ4v) is 2.22. The smallest absolute Gasteiger partial charge is 0.247 e. The molecule has 0 N–H and O–H groups in total. The fraction of sp³-hybridized carbons (Fsp3) is 0.222. The number of methoxy groups -OCH3 is 2. The largest absolute Gasteiger partial charge is 0.497 e. The summed E-state index contributed by atoms with van der Waals surface area (Å²) in [4.78, 5) is 0. The highest BCUT2D eigenvalue weighted by Gasteiger charge is 2.07. The van der Waals surface area contributed by atoms with Gasteiger partial charge in [-0.05, 0) is 42.0 Å². The minimum Gasteiger partial charge on any atom is -0.497 e. The molecule has 124 valence electrons. The van der Waals surface area contributed by atoms with E-state index >= 15 is 0 Å². The molecule has 0 radical (unpaired) electrons. The van der Waals surface area contributed by atoms with Crippen LogP contribution in [0.5, 0.6) is 17.2 Å². The SMILES string of the molecule is COc1cc(COc2ccc(-c3nnc(C)o3)cc2)cc(OC)c1. The molecule has 0 aliphatic carbocycles. The first-order valence-corrected chi connectivity index (χ1v) is 7.43. The molecule has 3 rings (SSSR count). The van der Waals surface area contributed by atoms with Crippen LogP contribution < -0.4 is 14.2 Å². The lowest BCUT2D eigenvalue weighted by molar-refractivity contribution is 0.304. The third kappa shape index (κ3) is 3.65. The maximum atomic E-state index is 5.81. The van der Waals surface area contributed by atoms with Crippen molar-refractivity contribution in [2.75, 3.05) is 14.2 Å². The van der Waals surface area contributed by atoms with Crippen LogP contribution in [0.1, 0.15) is 11.5 Å². The summed E-state index contributed by atoms with van der Waals surface area (Å²) in [5, 5.41) is 7.81. The van der Waals surface area contributed by atoms with E-state index in [4.69, 9.17) is 18.6 Å². The number of aryl methyl sites for hydroxylation is 1. The Balaban J connectivity index is 1.68. The molecule has 0 aliphatic heterocycles. The van der Waals surface area contributed by atoms with Gasteiger partial charge in [0.05, 0.1) is 14.2 Å². The molecular formula is C18H18N2O4. The van der Waals surface area contributed by atoms with Gasteiger partial charge in [-0.15, -0.1) is 10.2 Å². The molecule has 0 amide bonds. The summed E-state index contributed by atoms with van der Waals surface area (Å²) in [7, 11) is 3.24. The Bertz CT molecular complexity index is 790. The molecule has 6 heteroatoms. The van der Waals surface area contributed by atoms with Gasteiger partial charge in [0.25, 0.3) is 0 Å². The van der Waals surface area contributed by atoms with Gasteiger partial charge in [0, 0.05) is 18.6 Å². The summed E-state index contributed by atoms with van der Waals surface area (Å²) in [5.41, 5.74) is 1.81. The minimum atomic E-state index is 0.409. The molecule has 0 spiro atoms. The predicted octanol–water partition coefficient (Wildman–Crippen LogP) is 3.64. The van der Waals surface area contributed by atoms with Crippen LogP contribution in [0.4, 0.5) is 0 Å². The van der Waals surface area contributed by atoms with Crippen molar-refractivity contribution in [1.82, 2.24) is 10.2 Å². The average molecular weight is 326 g/mol. The molecule has 24 heavy (non-hydrogen) atoms. The fourth-order valence-electron chi connectivity index (χ4n) is 2.22. The molecule has 3 aromatic rings. The van der Waals surface area contributed by atoms with Crippen LogP contribution in [-0.4, -0.2) is 24.4 Å². The molecule has 0 bridgehead atoms. The predicted molar refractivity (Wildman–Crippen MR) is 88.3 cm³/mol. The topological polar surface area (TPSA) is 66.6 Å². The van der Waals surface area contributed by atoms with Gasteiger partial charge in [0.2, 0.25) is 11.8 Å². The summed E-state index contributed by atoms with van der Waals surface area (Å²) in [6, 6.07) is 13.2. The van der Waals surface area contributed by atoms with Gasteiger partial charge < -0.3 is 18.6 Å². The highest BCUT2D eigenvalue weighted by molar-refractivity contribution is 5.54. The van der Waals surface area contributed by atoms with Crippen LogP contribution in [0.2, 0.25) is 0 Å². The van der Waals surface area contributed by atoms with Crippen LogP contribution in [-0.2, 0) is 6.61 Å². The lowest BCUT2D eigenvalue weighted by Crippen LogP contribution is -1.97. The van der Waals surface area contributed by atoms with Crippen molar-refractivity contribution in [2.45, 2.75) is 13.5 Å². The van der Waals surface area contributed by atoms with Crippen LogP contribution in [0, 0.1) is 6.92 Å². The molecule has 2 aromatic carbocycles. The zero-order valence-electron chi connectivity index (χ0n) is 13.8. The Morgan fingerprint density at radius 1 is 0.875 bits per heavy atom. The van der Waals surface area contributed by atoms with Gasteiger partial charge in [-0.2, -0.15) is 0 Å². The number of benzene rings is 2. The second kappa shape index (κ2) is 7.04. The van der Waals surface area contributed by atoms with Crippen LogP contribution in [0.25, 0.3) is 11.5 Å². The maximum absolute atomic E-state index is 5.81. The molecule has 0 aliphatic rings. The molecule has 0 atom stereocenters. The standard InChI is InChI=1S/C18H18N2O4/c1-12-19-20-18(24-12)14-4-6-15(7-5-14)23-11-13-8-16(21-2)10-17(9-13)22-3/h4-10H,11H2,1-3H3. The Labute approximate surface area is 140 Å². The lowest BCUT2D eigenvalue weighted by Gasteiger charge is -2.10. The van der Waals surface area contributed by atoms with E-state index in [-0.39, 0.29) is 0 Å². The molecular weight excluding hydrogens is 308 g/mol. The first kappa shape index (κ1) is 15.9. The number of aromatic nitrogens is 2. The zero-order valence-corrected chi connectivity index (χ0v) is 13.8. The number of hydrogen-bond donors (Lipinski definition) is 0. The van der Waals surface area contributed by atoms with Crippen LogP contribution >= 0.6 is 0 Å². The Kier molecular flexibility index (Phi) is 4.65. The zero-order chi connectivity index (χ0) is 16.9. The molecule has 0 unspecified atom stereocenters. The third-order valence-corrected chi connectivity index (χ3v) is 3.44. The Hall–Kier alpha value is -3.02. The summed E-state index contributed by atoms with van der Waals surface area (Å²) in [6.07, 6.45) is 0. The van der Waals surface area contributed by atoms with E-state index in [1.54, 1.807) is 21.1 Å². The Morgan fingerprint density at radius 3 is 2.08 bits per heavy atom. The Morgan fingerprint density at radius 2 is 1.54 bits per heavy atom. The van der Waals surface area contributed by atoms with Crippen molar-refractivity contribution in [3.8, 4) is 28.7 Å². The minimum absolute atomic E-state index is 0.409. The second-order valence-corrected chi connectivity index (χ2v) is 5.16.